The fourth-order valence-corrected chi connectivity index (χ4v) is 3.18. The van der Waals surface area contributed by atoms with Crippen LogP contribution in [0.1, 0.15) is 24.0 Å². The molecule has 156 valence electrons. The Bertz CT molecular complexity index is 945. The molecule has 3 rings (SSSR count). The van der Waals surface area contributed by atoms with Gasteiger partial charge in [0.05, 0.1) is 13.2 Å². The van der Waals surface area contributed by atoms with E-state index in [9.17, 15) is 10.1 Å². The molecule has 30 heavy (non-hydrogen) atoms. The van der Waals surface area contributed by atoms with Crippen LogP contribution in [-0.2, 0) is 16.1 Å². The molecule has 1 N–H and O–H groups in total. The van der Waals surface area contributed by atoms with E-state index in [1.165, 1.54) is 13.2 Å². The maximum atomic E-state index is 12.3. The summed E-state index contributed by atoms with van der Waals surface area (Å²) >= 11 is 5.90. The van der Waals surface area contributed by atoms with Crippen LogP contribution < -0.4 is 14.8 Å². The second-order valence-electron chi connectivity index (χ2n) is 6.84. The fraction of sp³-hybridized carbons (Fsp3) is 0.304. The number of benzene rings is 2. The van der Waals surface area contributed by atoms with E-state index in [0.717, 1.165) is 18.4 Å². The molecule has 6 nitrogen and oxygen atoms in total. The van der Waals surface area contributed by atoms with Crippen molar-refractivity contribution in [1.82, 2.24) is 5.32 Å². The Labute approximate surface area is 181 Å². The molecule has 1 atom stereocenters. The quantitative estimate of drug-likeness (QED) is 0.507. The molecule has 0 saturated carbocycles. The van der Waals surface area contributed by atoms with E-state index < -0.39 is 5.91 Å². The number of halogens is 1. The number of nitrogens with one attached hydrogen (secondary N) is 1. The lowest BCUT2D eigenvalue weighted by atomic mass is 10.1. The zero-order chi connectivity index (χ0) is 21.3. The molecule has 0 radical (unpaired) electrons. The van der Waals surface area contributed by atoms with Crippen LogP contribution in [0.4, 0.5) is 0 Å². The van der Waals surface area contributed by atoms with Crippen molar-refractivity contribution < 1.29 is 19.0 Å². The summed E-state index contributed by atoms with van der Waals surface area (Å²) in [7, 11) is 1.54. The van der Waals surface area contributed by atoms with Gasteiger partial charge in [-0.1, -0.05) is 29.8 Å². The number of methoxy groups -OCH3 is 1. The van der Waals surface area contributed by atoms with E-state index in [1.807, 2.05) is 18.2 Å². The Morgan fingerprint density at radius 3 is 2.77 bits per heavy atom. The summed E-state index contributed by atoms with van der Waals surface area (Å²) in [5.41, 5.74) is 1.65. The van der Waals surface area contributed by atoms with Crippen LogP contribution in [0, 0.1) is 11.3 Å². The first-order valence-corrected chi connectivity index (χ1v) is 10.0. The van der Waals surface area contributed by atoms with Gasteiger partial charge in [0, 0.05) is 18.2 Å². The van der Waals surface area contributed by atoms with Gasteiger partial charge in [0.15, 0.2) is 11.5 Å². The van der Waals surface area contributed by atoms with Crippen molar-refractivity contribution in [2.45, 2.75) is 25.6 Å². The SMILES string of the molecule is COc1cc(/C=C(\C#N)C(=O)NC[C@H]2CCCO2)ccc1OCc1ccc(Cl)cc1. The zero-order valence-electron chi connectivity index (χ0n) is 16.7. The Morgan fingerprint density at radius 1 is 1.30 bits per heavy atom. The topological polar surface area (TPSA) is 80.6 Å². The third-order valence-electron chi connectivity index (χ3n) is 4.69. The minimum atomic E-state index is -0.421. The standard InChI is InChI=1S/C23H23ClN2O4/c1-28-22-12-17(6-9-21(22)30-15-16-4-7-19(24)8-5-16)11-18(13-25)23(27)26-14-20-3-2-10-29-20/h4-9,11-12,20H,2-3,10,14-15H2,1H3,(H,26,27)/b18-11+/t20-/m1/s1. The predicted molar refractivity (Wildman–Crippen MR) is 114 cm³/mol. The maximum Gasteiger partial charge on any atom is 0.262 e. The average Bonchev–Trinajstić information content (AvgIpc) is 3.29. The minimum Gasteiger partial charge on any atom is -0.493 e. The van der Waals surface area contributed by atoms with E-state index in [4.69, 9.17) is 25.8 Å². The minimum absolute atomic E-state index is 0.0184. The van der Waals surface area contributed by atoms with E-state index in [0.29, 0.717) is 41.8 Å². The Balaban J connectivity index is 1.66. The number of nitriles is 1. The zero-order valence-corrected chi connectivity index (χ0v) is 17.4. The predicted octanol–water partition coefficient (Wildman–Crippen LogP) is 4.13. The van der Waals surface area contributed by atoms with Crippen LogP contribution in [0.3, 0.4) is 0 Å². The molecule has 1 saturated heterocycles. The Kier molecular flexibility index (Phi) is 7.72. The summed E-state index contributed by atoms with van der Waals surface area (Å²) < 4.78 is 16.7. The summed E-state index contributed by atoms with van der Waals surface area (Å²) in [6.07, 6.45) is 3.45. The number of hydrogen-bond acceptors (Lipinski definition) is 5. The molecule has 2 aromatic rings. The number of rotatable bonds is 8. The second-order valence-corrected chi connectivity index (χ2v) is 7.28. The number of amides is 1. The maximum absolute atomic E-state index is 12.3. The van der Waals surface area contributed by atoms with Crippen molar-refractivity contribution in [1.29, 1.82) is 5.26 Å². The summed E-state index contributed by atoms with van der Waals surface area (Å²) in [5.74, 6) is 0.649. The Hall–Kier alpha value is -3.01. The molecule has 1 aliphatic rings. The van der Waals surface area contributed by atoms with Gasteiger partial charge in [0.1, 0.15) is 18.2 Å². The van der Waals surface area contributed by atoms with E-state index in [-0.39, 0.29) is 11.7 Å². The first kappa shape index (κ1) is 21.7. The monoisotopic (exact) mass is 426 g/mol. The van der Waals surface area contributed by atoms with Crippen LogP contribution in [-0.4, -0.2) is 32.3 Å². The molecular weight excluding hydrogens is 404 g/mol. The van der Waals surface area contributed by atoms with Gasteiger partial charge in [0.2, 0.25) is 0 Å². The van der Waals surface area contributed by atoms with Crippen molar-refractivity contribution in [2.75, 3.05) is 20.3 Å². The van der Waals surface area contributed by atoms with Gasteiger partial charge in [-0.05, 0) is 54.3 Å². The number of carbonyl (C=O) groups excluding carboxylic acids is 1. The van der Waals surface area contributed by atoms with Crippen LogP contribution in [0.25, 0.3) is 6.08 Å². The average molecular weight is 427 g/mol. The van der Waals surface area contributed by atoms with Gasteiger partial charge in [-0.3, -0.25) is 4.79 Å². The van der Waals surface area contributed by atoms with Gasteiger partial charge < -0.3 is 19.5 Å². The van der Waals surface area contributed by atoms with Gasteiger partial charge in [0.25, 0.3) is 5.91 Å². The molecular formula is C23H23ClN2O4. The highest BCUT2D eigenvalue weighted by Gasteiger charge is 2.17. The first-order chi connectivity index (χ1) is 14.6. The lowest BCUT2D eigenvalue weighted by molar-refractivity contribution is -0.117. The highest BCUT2D eigenvalue weighted by Crippen LogP contribution is 2.30. The van der Waals surface area contributed by atoms with Crippen LogP contribution in [0.15, 0.2) is 48.0 Å². The van der Waals surface area contributed by atoms with Gasteiger partial charge in [-0.15, -0.1) is 0 Å². The summed E-state index contributed by atoms with van der Waals surface area (Å²) in [6.45, 7) is 1.48. The summed E-state index contributed by atoms with van der Waals surface area (Å²) in [4.78, 5) is 12.3. The third-order valence-corrected chi connectivity index (χ3v) is 4.94. The number of carbonyl (C=O) groups is 1. The molecule has 1 amide bonds. The van der Waals surface area contributed by atoms with Crippen molar-refractivity contribution in [3.8, 4) is 17.6 Å². The van der Waals surface area contributed by atoms with E-state index in [1.54, 1.807) is 30.3 Å². The van der Waals surface area contributed by atoms with Crippen molar-refractivity contribution >= 4 is 23.6 Å². The first-order valence-electron chi connectivity index (χ1n) is 9.66. The van der Waals surface area contributed by atoms with Crippen molar-refractivity contribution in [3.05, 3.63) is 64.2 Å². The van der Waals surface area contributed by atoms with Crippen LogP contribution >= 0.6 is 11.6 Å². The number of hydrogen-bond donors (Lipinski definition) is 1. The summed E-state index contributed by atoms with van der Waals surface area (Å²) in [6, 6.07) is 14.6. The smallest absolute Gasteiger partial charge is 0.262 e. The lowest BCUT2D eigenvalue weighted by Crippen LogP contribution is -2.32. The third kappa shape index (κ3) is 5.99. The van der Waals surface area contributed by atoms with Gasteiger partial charge in [-0.2, -0.15) is 5.26 Å². The molecule has 7 heteroatoms. The largest absolute Gasteiger partial charge is 0.493 e. The molecule has 0 aliphatic carbocycles. The summed E-state index contributed by atoms with van der Waals surface area (Å²) in [5, 5.41) is 12.8. The van der Waals surface area contributed by atoms with E-state index in [2.05, 4.69) is 5.32 Å². The molecule has 1 heterocycles. The highest BCUT2D eigenvalue weighted by atomic mass is 35.5. The molecule has 0 aromatic heterocycles. The Morgan fingerprint density at radius 2 is 2.10 bits per heavy atom. The second kappa shape index (κ2) is 10.7. The van der Waals surface area contributed by atoms with Crippen LogP contribution in [0.5, 0.6) is 11.5 Å². The molecule has 0 spiro atoms. The lowest BCUT2D eigenvalue weighted by Gasteiger charge is -2.12. The highest BCUT2D eigenvalue weighted by molar-refractivity contribution is 6.30. The van der Waals surface area contributed by atoms with Crippen molar-refractivity contribution in [3.63, 3.8) is 0 Å². The number of nitrogens with zero attached hydrogens (tertiary/aromatic N) is 1. The molecule has 0 unspecified atom stereocenters. The molecule has 0 bridgehead atoms. The molecule has 1 aliphatic heterocycles. The normalized spacial score (nSPS) is 16.0. The van der Waals surface area contributed by atoms with Crippen LogP contribution in [0.2, 0.25) is 5.02 Å². The van der Waals surface area contributed by atoms with Crippen molar-refractivity contribution in [2.24, 2.45) is 0 Å². The fourth-order valence-electron chi connectivity index (χ4n) is 3.06. The van der Waals surface area contributed by atoms with Gasteiger partial charge >= 0.3 is 0 Å². The van der Waals surface area contributed by atoms with Gasteiger partial charge in [-0.25, -0.2) is 0 Å². The van der Waals surface area contributed by atoms with E-state index >= 15 is 0 Å². The number of ether oxygens (including phenoxy) is 3. The molecule has 1 fully saturated rings. The molecule has 2 aromatic carbocycles.